The first-order chi connectivity index (χ1) is 12.8. The van der Waals surface area contributed by atoms with E-state index in [1.165, 1.54) is 27.6 Å². The van der Waals surface area contributed by atoms with Crippen LogP contribution in [0.3, 0.4) is 0 Å². The molecule has 2 heteroatoms. The van der Waals surface area contributed by atoms with Crippen LogP contribution < -0.4 is 4.74 Å². The topological polar surface area (TPSA) is 18.5 Å². The second-order valence-corrected chi connectivity index (χ2v) is 6.43. The van der Waals surface area contributed by atoms with E-state index >= 15 is 0 Å². The summed E-state index contributed by atoms with van der Waals surface area (Å²) in [6.45, 7) is 0. The summed E-state index contributed by atoms with van der Waals surface area (Å²) in [6, 6.07) is 21.3. The lowest BCUT2D eigenvalue weighted by Crippen LogP contribution is -1.97. The Balaban J connectivity index is 1.92. The zero-order valence-corrected chi connectivity index (χ0v) is 15.2. The number of ether oxygens (including phenoxy) is 2. The molecule has 0 unspecified atom stereocenters. The molecule has 26 heavy (non-hydrogen) atoms. The second-order valence-electron chi connectivity index (χ2n) is 6.43. The molecule has 0 aromatic heterocycles. The van der Waals surface area contributed by atoms with Gasteiger partial charge in [-0.15, -0.1) is 0 Å². The lowest BCUT2D eigenvalue weighted by Gasteiger charge is -2.18. The Morgan fingerprint density at radius 1 is 0.692 bits per heavy atom. The molecule has 3 aromatic carbocycles. The maximum Gasteiger partial charge on any atom is 0.126 e. The van der Waals surface area contributed by atoms with E-state index in [0.717, 1.165) is 29.7 Å². The van der Waals surface area contributed by atoms with Gasteiger partial charge in [0.25, 0.3) is 0 Å². The SMILES string of the molecule is COC1=CCCC(c2ccccc2-c2ccc(OC)c3ccccc23)=C1. The fourth-order valence-corrected chi connectivity index (χ4v) is 3.71. The fraction of sp³-hybridized carbons (Fsp3) is 0.167. The van der Waals surface area contributed by atoms with Crippen LogP contribution in [0, 0.1) is 0 Å². The molecule has 130 valence electrons. The molecule has 0 atom stereocenters. The molecule has 0 fully saturated rings. The van der Waals surface area contributed by atoms with Gasteiger partial charge in [-0.25, -0.2) is 0 Å². The zero-order chi connectivity index (χ0) is 17.9. The Hall–Kier alpha value is -3.00. The third kappa shape index (κ3) is 2.88. The highest BCUT2D eigenvalue weighted by atomic mass is 16.5. The van der Waals surface area contributed by atoms with Gasteiger partial charge < -0.3 is 9.47 Å². The molecule has 0 spiro atoms. The quantitative estimate of drug-likeness (QED) is 0.560. The molecular weight excluding hydrogens is 320 g/mol. The third-order valence-corrected chi connectivity index (χ3v) is 4.98. The Bertz CT molecular complexity index is 1010. The summed E-state index contributed by atoms with van der Waals surface area (Å²) in [5.74, 6) is 1.85. The summed E-state index contributed by atoms with van der Waals surface area (Å²) in [6.07, 6.45) is 6.34. The number of benzene rings is 3. The molecule has 0 bridgehead atoms. The average Bonchev–Trinajstić information content (AvgIpc) is 2.73. The van der Waals surface area contributed by atoms with Crippen molar-refractivity contribution in [3.8, 4) is 16.9 Å². The Morgan fingerprint density at radius 3 is 2.19 bits per heavy atom. The van der Waals surface area contributed by atoms with Gasteiger partial charge in [-0.1, -0.05) is 54.6 Å². The first kappa shape index (κ1) is 16.5. The standard InChI is InChI=1S/C24H22O2/c1-25-18-9-7-8-17(16-18)19-10-3-4-11-20(19)22-14-15-24(26-2)23-13-6-5-12-21(22)23/h3-6,9-16H,7-8H2,1-2H3. The van der Waals surface area contributed by atoms with Crippen molar-refractivity contribution in [3.63, 3.8) is 0 Å². The molecule has 0 heterocycles. The van der Waals surface area contributed by atoms with Gasteiger partial charge in [0.1, 0.15) is 11.5 Å². The molecule has 0 radical (unpaired) electrons. The van der Waals surface area contributed by atoms with Gasteiger partial charge in [0, 0.05) is 5.39 Å². The van der Waals surface area contributed by atoms with Crippen molar-refractivity contribution in [3.05, 3.63) is 84.1 Å². The summed E-state index contributed by atoms with van der Waals surface area (Å²) in [5.41, 5.74) is 5.06. The summed E-state index contributed by atoms with van der Waals surface area (Å²) in [5, 5.41) is 2.34. The normalized spacial score (nSPS) is 13.9. The lowest BCUT2D eigenvalue weighted by molar-refractivity contribution is 0.304. The van der Waals surface area contributed by atoms with E-state index in [4.69, 9.17) is 9.47 Å². The van der Waals surface area contributed by atoms with E-state index in [1.54, 1.807) is 14.2 Å². The number of hydrogen-bond donors (Lipinski definition) is 0. The minimum absolute atomic E-state index is 0.906. The van der Waals surface area contributed by atoms with Crippen LogP contribution in [0.5, 0.6) is 5.75 Å². The summed E-state index contributed by atoms with van der Waals surface area (Å²) in [4.78, 5) is 0. The van der Waals surface area contributed by atoms with Crippen molar-refractivity contribution in [1.82, 2.24) is 0 Å². The number of hydrogen-bond acceptors (Lipinski definition) is 2. The van der Waals surface area contributed by atoms with Crippen molar-refractivity contribution < 1.29 is 9.47 Å². The fourth-order valence-electron chi connectivity index (χ4n) is 3.71. The Morgan fingerprint density at radius 2 is 1.42 bits per heavy atom. The van der Waals surface area contributed by atoms with Crippen LogP contribution in [0.1, 0.15) is 18.4 Å². The lowest BCUT2D eigenvalue weighted by atomic mass is 9.88. The molecule has 3 aromatic rings. The average molecular weight is 342 g/mol. The minimum Gasteiger partial charge on any atom is -0.497 e. The smallest absolute Gasteiger partial charge is 0.126 e. The van der Waals surface area contributed by atoms with Crippen molar-refractivity contribution in [1.29, 1.82) is 0 Å². The molecule has 2 nitrogen and oxygen atoms in total. The third-order valence-electron chi connectivity index (χ3n) is 4.98. The van der Waals surface area contributed by atoms with Gasteiger partial charge in [0.15, 0.2) is 0 Å². The molecule has 0 N–H and O–H groups in total. The molecule has 1 aliphatic carbocycles. The summed E-state index contributed by atoms with van der Waals surface area (Å²) < 4.78 is 11.0. The molecule has 1 aliphatic rings. The summed E-state index contributed by atoms with van der Waals surface area (Å²) in [7, 11) is 3.45. The van der Waals surface area contributed by atoms with Gasteiger partial charge in [0.2, 0.25) is 0 Å². The van der Waals surface area contributed by atoms with E-state index < -0.39 is 0 Å². The van der Waals surface area contributed by atoms with Crippen molar-refractivity contribution in [2.45, 2.75) is 12.8 Å². The van der Waals surface area contributed by atoms with E-state index in [-0.39, 0.29) is 0 Å². The Kier molecular flexibility index (Phi) is 4.49. The van der Waals surface area contributed by atoms with E-state index in [2.05, 4.69) is 72.8 Å². The molecule has 0 amide bonds. The zero-order valence-electron chi connectivity index (χ0n) is 15.2. The van der Waals surface area contributed by atoms with Crippen molar-refractivity contribution >= 4 is 16.3 Å². The summed E-state index contributed by atoms with van der Waals surface area (Å²) >= 11 is 0. The number of fused-ring (bicyclic) bond motifs is 1. The monoisotopic (exact) mass is 342 g/mol. The van der Waals surface area contributed by atoms with Gasteiger partial charge in [-0.2, -0.15) is 0 Å². The molecule has 0 aliphatic heterocycles. The van der Waals surface area contributed by atoms with Crippen molar-refractivity contribution in [2.75, 3.05) is 14.2 Å². The molecule has 0 saturated carbocycles. The highest BCUT2D eigenvalue weighted by Gasteiger charge is 2.15. The number of rotatable bonds is 4. The van der Waals surface area contributed by atoms with Gasteiger partial charge >= 0.3 is 0 Å². The Labute approximate surface area is 154 Å². The maximum atomic E-state index is 5.56. The van der Waals surface area contributed by atoms with Crippen molar-refractivity contribution in [2.24, 2.45) is 0 Å². The maximum absolute atomic E-state index is 5.56. The predicted molar refractivity (Wildman–Crippen MR) is 108 cm³/mol. The van der Waals surface area contributed by atoms with Gasteiger partial charge in [0.05, 0.1) is 14.2 Å². The van der Waals surface area contributed by atoms with Crippen LogP contribution in [0.25, 0.3) is 27.5 Å². The van der Waals surface area contributed by atoms with Gasteiger partial charge in [-0.05, 0) is 58.7 Å². The van der Waals surface area contributed by atoms with Crippen LogP contribution in [0.4, 0.5) is 0 Å². The van der Waals surface area contributed by atoms with Crippen LogP contribution >= 0.6 is 0 Å². The highest BCUT2D eigenvalue weighted by Crippen LogP contribution is 2.39. The molecule has 0 saturated heterocycles. The predicted octanol–water partition coefficient (Wildman–Crippen LogP) is 6.22. The van der Waals surface area contributed by atoms with Crippen LogP contribution in [0.2, 0.25) is 0 Å². The van der Waals surface area contributed by atoms with E-state index in [1.807, 2.05) is 0 Å². The van der Waals surface area contributed by atoms with Gasteiger partial charge in [-0.3, -0.25) is 0 Å². The van der Waals surface area contributed by atoms with Crippen LogP contribution in [-0.2, 0) is 4.74 Å². The van der Waals surface area contributed by atoms with E-state index in [9.17, 15) is 0 Å². The first-order valence-corrected chi connectivity index (χ1v) is 8.92. The highest BCUT2D eigenvalue weighted by molar-refractivity contribution is 6.02. The number of allylic oxidation sites excluding steroid dienone is 3. The largest absolute Gasteiger partial charge is 0.497 e. The minimum atomic E-state index is 0.906. The van der Waals surface area contributed by atoms with Crippen LogP contribution in [-0.4, -0.2) is 14.2 Å². The second kappa shape index (κ2) is 7.09. The first-order valence-electron chi connectivity index (χ1n) is 8.92. The number of methoxy groups -OCH3 is 2. The van der Waals surface area contributed by atoms with E-state index in [0.29, 0.717) is 0 Å². The molecular formula is C24H22O2. The molecule has 4 rings (SSSR count). The van der Waals surface area contributed by atoms with Crippen LogP contribution in [0.15, 0.2) is 78.6 Å².